The first-order valence-corrected chi connectivity index (χ1v) is 13.3. The molecule has 0 saturated carbocycles. The minimum atomic E-state index is -0.264. The molecule has 37 heavy (non-hydrogen) atoms. The molecule has 1 atom stereocenters. The van der Waals surface area contributed by atoms with E-state index in [4.69, 9.17) is 9.47 Å². The van der Waals surface area contributed by atoms with Crippen LogP contribution in [0.25, 0.3) is 10.6 Å². The van der Waals surface area contributed by atoms with Gasteiger partial charge in [0, 0.05) is 29.6 Å². The van der Waals surface area contributed by atoms with Gasteiger partial charge in [0.05, 0.1) is 36.5 Å². The highest BCUT2D eigenvalue weighted by Gasteiger charge is 2.26. The molecule has 4 aromatic rings. The van der Waals surface area contributed by atoms with E-state index >= 15 is 0 Å². The number of amides is 1. The lowest BCUT2D eigenvalue weighted by Crippen LogP contribution is -2.43. The average Bonchev–Trinajstić information content (AvgIpc) is 3.43. The molecule has 5 rings (SSSR count). The van der Waals surface area contributed by atoms with Crippen LogP contribution < -0.4 is 15.0 Å². The fourth-order valence-electron chi connectivity index (χ4n) is 4.45. The van der Waals surface area contributed by atoms with Gasteiger partial charge in [0.25, 0.3) is 5.91 Å². The first kappa shape index (κ1) is 24.9. The Balaban J connectivity index is 1.45. The molecule has 1 fully saturated rings. The summed E-state index contributed by atoms with van der Waals surface area (Å²) in [6.07, 6.45) is 5.44. The van der Waals surface area contributed by atoms with Crippen LogP contribution in [0.15, 0.2) is 66.3 Å². The number of thiazole rings is 1. The van der Waals surface area contributed by atoms with Crippen LogP contribution in [0.2, 0.25) is 0 Å². The lowest BCUT2D eigenvalue weighted by molar-refractivity contribution is 0.0348. The van der Waals surface area contributed by atoms with Crippen molar-refractivity contribution in [2.45, 2.75) is 32.8 Å². The smallest absolute Gasteiger partial charge is 0.275 e. The number of nitrogens with one attached hydrogen (secondary N) is 1. The zero-order valence-electron chi connectivity index (χ0n) is 20.9. The van der Waals surface area contributed by atoms with Crippen LogP contribution in [0.1, 0.15) is 35.8 Å². The van der Waals surface area contributed by atoms with Gasteiger partial charge in [0.2, 0.25) is 0 Å². The van der Waals surface area contributed by atoms with E-state index in [0.717, 1.165) is 64.9 Å². The molecule has 0 bridgehead atoms. The highest BCUT2D eigenvalue weighted by atomic mass is 32.1. The molecule has 0 spiro atoms. The molecular weight excluding hydrogens is 486 g/mol. The largest absolute Gasteiger partial charge is 0.457 e. The predicted octanol–water partition coefficient (Wildman–Crippen LogP) is 5.96. The number of hydrogen-bond donors (Lipinski definition) is 1. The molecule has 3 heterocycles. The Bertz CT molecular complexity index is 1340. The molecule has 2 aromatic heterocycles. The standard InChI is InChI=1S/C28H29N5O3S/c1-3-7-22-17-33(14-15-35-22)26-19(2)25(36-21-8-5-4-6-9-21)11-10-23(26)31-27(34)24-18-37-28(32-24)20-12-13-29-30-16-20/h4-6,8-13,16,18,22H,3,7,14-15,17H2,1-2H3,(H,31,34)/t22-/m1/s1. The summed E-state index contributed by atoms with van der Waals surface area (Å²) in [4.78, 5) is 20.1. The summed E-state index contributed by atoms with van der Waals surface area (Å²) in [5.74, 6) is 1.25. The van der Waals surface area contributed by atoms with Crippen LogP contribution in [0.4, 0.5) is 11.4 Å². The summed E-state index contributed by atoms with van der Waals surface area (Å²) >= 11 is 1.40. The van der Waals surface area contributed by atoms with E-state index in [9.17, 15) is 4.79 Å². The highest BCUT2D eigenvalue weighted by molar-refractivity contribution is 7.13. The maximum atomic E-state index is 13.3. The second-order valence-corrected chi connectivity index (χ2v) is 9.71. The Hall–Kier alpha value is -3.82. The Morgan fingerprint density at radius 1 is 1.19 bits per heavy atom. The number of aromatic nitrogens is 3. The van der Waals surface area contributed by atoms with Gasteiger partial charge in [-0.15, -0.1) is 11.3 Å². The van der Waals surface area contributed by atoms with E-state index < -0.39 is 0 Å². The maximum absolute atomic E-state index is 13.3. The Morgan fingerprint density at radius 3 is 2.84 bits per heavy atom. The summed E-state index contributed by atoms with van der Waals surface area (Å²) in [5.41, 5.74) is 3.81. The van der Waals surface area contributed by atoms with Crippen molar-refractivity contribution in [3.05, 3.63) is 77.6 Å². The van der Waals surface area contributed by atoms with Gasteiger partial charge in [-0.2, -0.15) is 10.2 Å². The maximum Gasteiger partial charge on any atom is 0.275 e. The normalized spacial score (nSPS) is 15.4. The lowest BCUT2D eigenvalue weighted by Gasteiger charge is -2.36. The zero-order chi connectivity index (χ0) is 25.6. The first-order chi connectivity index (χ1) is 18.1. The monoisotopic (exact) mass is 515 g/mol. The van der Waals surface area contributed by atoms with Crippen molar-refractivity contribution in [2.75, 3.05) is 29.9 Å². The van der Waals surface area contributed by atoms with Crippen LogP contribution >= 0.6 is 11.3 Å². The van der Waals surface area contributed by atoms with E-state index in [0.29, 0.717) is 12.3 Å². The summed E-state index contributed by atoms with van der Waals surface area (Å²) in [7, 11) is 0. The van der Waals surface area contributed by atoms with E-state index in [1.165, 1.54) is 11.3 Å². The number of rotatable bonds is 8. The second kappa shape index (κ2) is 11.5. The van der Waals surface area contributed by atoms with Crippen molar-refractivity contribution in [1.29, 1.82) is 0 Å². The number of carbonyl (C=O) groups is 1. The lowest BCUT2D eigenvalue weighted by atomic mass is 10.1. The van der Waals surface area contributed by atoms with E-state index in [2.05, 4.69) is 32.3 Å². The molecule has 0 unspecified atom stereocenters. The number of para-hydroxylation sites is 1. The number of benzene rings is 2. The molecular formula is C28H29N5O3S. The highest BCUT2D eigenvalue weighted by Crippen LogP contribution is 2.39. The van der Waals surface area contributed by atoms with E-state index in [-0.39, 0.29) is 12.0 Å². The number of anilines is 2. The molecule has 1 amide bonds. The number of carbonyl (C=O) groups excluding carboxylic acids is 1. The molecule has 190 valence electrons. The van der Waals surface area contributed by atoms with Gasteiger partial charge in [-0.1, -0.05) is 31.5 Å². The van der Waals surface area contributed by atoms with Crippen molar-refractivity contribution < 1.29 is 14.3 Å². The zero-order valence-corrected chi connectivity index (χ0v) is 21.7. The number of hydrogen-bond acceptors (Lipinski definition) is 8. The topological polar surface area (TPSA) is 89.5 Å². The van der Waals surface area contributed by atoms with Gasteiger partial charge < -0.3 is 19.7 Å². The van der Waals surface area contributed by atoms with Gasteiger partial charge >= 0.3 is 0 Å². The van der Waals surface area contributed by atoms with Crippen molar-refractivity contribution in [2.24, 2.45) is 0 Å². The third-order valence-corrected chi connectivity index (χ3v) is 7.13. The molecule has 1 saturated heterocycles. The van der Waals surface area contributed by atoms with E-state index in [1.54, 1.807) is 17.8 Å². The van der Waals surface area contributed by atoms with Crippen LogP contribution in [-0.2, 0) is 4.74 Å². The number of nitrogens with zero attached hydrogens (tertiary/aromatic N) is 4. The van der Waals surface area contributed by atoms with Crippen LogP contribution in [0.3, 0.4) is 0 Å². The molecule has 1 aliphatic rings. The molecule has 9 heteroatoms. The third-order valence-electron chi connectivity index (χ3n) is 6.23. The molecule has 1 aliphatic heterocycles. The minimum absolute atomic E-state index is 0.149. The van der Waals surface area contributed by atoms with Crippen molar-refractivity contribution >= 4 is 28.6 Å². The van der Waals surface area contributed by atoms with Crippen molar-refractivity contribution in [3.63, 3.8) is 0 Å². The molecule has 0 aliphatic carbocycles. The van der Waals surface area contributed by atoms with Gasteiger partial charge in [-0.25, -0.2) is 4.98 Å². The summed E-state index contributed by atoms with van der Waals surface area (Å²) < 4.78 is 12.2. The second-order valence-electron chi connectivity index (χ2n) is 8.85. The summed E-state index contributed by atoms with van der Waals surface area (Å²) in [6, 6.07) is 15.3. The first-order valence-electron chi connectivity index (χ1n) is 12.4. The average molecular weight is 516 g/mol. The van der Waals surface area contributed by atoms with Crippen molar-refractivity contribution in [1.82, 2.24) is 15.2 Å². The van der Waals surface area contributed by atoms with Crippen LogP contribution in [-0.4, -0.2) is 46.9 Å². The molecule has 1 N–H and O–H groups in total. The van der Waals surface area contributed by atoms with Gasteiger partial charge in [0.1, 0.15) is 22.2 Å². The fraction of sp³-hybridized carbons (Fsp3) is 0.286. The number of morpholine rings is 1. The molecule has 0 radical (unpaired) electrons. The Labute approximate surface area is 220 Å². The van der Waals surface area contributed by atoms with Crippen LogP contribution in [0, 0.1) is 6.92 Å². The van der Waals surface area contributed by atoms with Crippen molar-refractivity contribution in [3.8, 4) is 22.1 Å². The molecule has 8 nitrogen and oxygen atoms in total. The molecule has 2 aromatic carbocycles. The third kappa shape index (κ3) is 5.79. The van der Waals surface area contributed by atoms with Gasteiger partial charge in [-0.3, -0.25) is 4.79 Å². The SMILES string of the molecule is CCC[C@@H]1CN(c2c(NC(=O)c3csc(-c4ccnnc4)n3)ccc(Oc3ccccc3)c2C)CCO1. The Morgan fingerprint density at radius 2 is 2.05 bits per heavy atom. The van der Waals surface area contributed by atoms with Gasteiger partial charge in [0.15, 0.2) is 0 Å². The predicted molar refractivity (Wildman–Crippen MR) is 146 cm³/mol. The van der Waals surface area contributed by atoms with Gasteiger partial charge in [-0.05, 0) is 43.7 Å². The quantitative estimate of drug-likeness (QED) is 0.310. The number of ether oxygens (including phenoxy) is 2. The minimum Gasteiger partial charge on any atom is -0.457 e. The summed E-state index contributed by atoms with van der Waals surface area (Å²) in [6.45, 7) is 6.32. The van der Waals surface area contributed by atoms with Crippen LogP contribution in [0.5, 0.6) is 11.5 Å². The summed E-state index contributed by atoms with van der Waals surface area (Å²) in [5, 5.41) is 13.3. The fourth-order valence-corrected chi connectivity index (χ4v) is 5.24. The van der Waals surface area contributed by atoms with E-state index in [1.807, 2.05) is 55.5 Å². The Kier molecular flexibility index (Phi) is 7.72.